The third-order valence-electron chi connectivity index (χ3n) is 2.93. The predicted octanol–water partition coefficient (Wildman–Crippen LogP) is 4.18. The van der Waals surface area contributed by atoms with Gasteiger partial charge in [0.2, 0.25) is 0 Å². The first-order chi connectivity index (χ1) is 9.28. The van der Waals surface area contributed by atoms with E-state index in [4.69, 9.17) is 11.6 Å². The van der Waals surface area contributed by atoms with Crippen molar-refractivity contribution in [2.24, 2.45) is 0 Å². The Morgan fingerprint density at radius 3 is 2.58 bits per heavy atom. The van der Waals surface area contributed by atoms with Crippen molar-refractivity contribution >= 4 is 17.3 Å². The number of hydrogen-bond donors (Lipinski definition) is 2. The van der Waals surface area contributed by atoms with Crippen LogP contribution < -0.4 is 5.32 Å². The molecule has 19 heavy (non-hydrogen) atoms. The van der Waals surface area contributed by atoms with Gasteiger partial charge in [-0.05, 0) is 48.2 Å². The van der Waals surface area contributed by atoms with E-state index in [0.717, 1.165) is 24.1 Å². The molecule has 0 heterocycles. The zero-order valence-corrected chi connectivity index (χ0v) is 11.5. The number of aryl methyl sites for hydroxylation is 1. The molecule has 0 amide bonds. The van der Waals surface area contributed by atoms with Gasteiger partial charge in [0.05, 0.1) is 0 Å². The molecular formula is C16H18ClNO. The van der Waals surface area contributed by atoms with Gasteiger partial charge in [0.25, 0.3) is 0 Å². The van der Waals surface area contributed by atoms with Crippen molar-refractivity contribution in [3.63, 3.8) is 0 Å². The smallest absolute Gasteiger partial charge is 0.115 e. The summed E-state index contributed by atoms with van der Waals surface area (Å²) < 4.78 is 0. The summed E-state index contributed by atoms with van der Waals surface area (Å²) in [7, 11) is 0. The van der Waals surface area contributed by atoms with Gasteiger partial charge in [-0.2, -0.15) is 0 Å². The van der Waals surface area contributed by atoms with E-state index in [2.05, 4.69) is 17.4 Å². The average Bonchev–Trinajstić information content (AvgIpc) is 2.43. The number of phenolic OH excluding ortho intramolecular Hbond substituents is 1. The molecule has 0 unspecified atom stereocenters. The highest BCUT2D eigenvalue weighted by atomic mass is 35.5. The van der Waals surface area contributed by atoms with Crippen LogP contribution in [0.1, 0.15) is 17.5 Å². The summed E-state index contributed by atoms with van der Waals surface area (Å²) in [6, 6.07) is 15.6. The van der Waals surface area contributed by atoms with Crippen molar-refractivity contribution in [1.82, 2.24) is 0 Å². The first kappa shape index (κ1) is 13.8. The monoisotopic (exact) mass is 275 g/mol. The van der Waals surface area contributed by atoms with Crippen LogP contribution in [0.2, 0.25) is 0 Å². The lowest BCUT2D eigenvalue weighted by Gasteiger charge is -2.08. The molecule has 100 valence electrons. The summed E-state index contributed by atoms with van der Waals surface area (Å²) in [6.07, 6.45) is 2.00. The molecule has 2 aromatic rings. The maximum absolute atomic E-state index is 9.41. The maximum atomic E-state index is 9.41. The van der Waals surface area contributed by atoms with E-state index in [-0.39, 0.29) is 0 Å². The molecular weight excluding hydrogens is 258 g/mol. The summed E-state index contributed by atoms with van der Waals surface area (Å²) in [5.74, 6) is 0.996. The normalized spacial score (nSPS) is 10.4. The van der Waals surface area contributed by atoms with Crippen LogP contribution in [-0.4, -0.2) is 11.0 Å². The lowest BCUT2D eigenvalue weighted by atomic mass is 10.1. The molecule has 2 rings (SSSR count). The Labute approximate surface area is 119 Å². The van der Waals surface area contributed by atoms with Crippen molar-refractivity contribution < 1.29 is 5.11 Å². The highest BCUT2D eigenvalue weighted by Crippen LogP contribution is 2.15. The highest BCUT2D eigenvalue weighted by molar-refractivity contribution is 6.17. The van der Waals surface area contributed by atoms with Crippen LogP contribution >= 0.6 is 11.6 Å². The molecule has 0 aliphatic carbocycles. The molecule has 2 aromatic carbocycles. The summed E-state index contributed by atoms with van der Waals surface area (Å²) in [6.45, 7) is 0.702. The molecule has 0 bridgehead atoms. The Kier molecular flexibility index (Phi) is 5.10. The molecule has 0 aliphatic heterocycles. The second-order valence-corrected chi connectivity index (χ2v) is 4.89. The van der Waals surface area contributed by atoms with Crippen molar-refractivity contribution in [3.8, 4) is 5.75 Å². The minimum Gasteiger partial charge on any atom is -0.508 e. The minimum atomic E-state index is 0.301. The Bertz CT molecular complexity index is 528. The van der Waals surface area contributed by atoms with Gasteiger partial charge in [-0.15, -0.1) is 11.6 Å². The van der Waals surface area contributed by atoms with E-state index in [9.17, 15) is 5.11 Å². The van der Waals surface area contributed by atoms with Gasteiger partial charge in [-0.25, -0.2) is 0 Å². The molecule has 0 saturated heterocycles. The Balaban J connectivity index is 1.95. The van der Waals surface area contributed by atoms with Crippen molar-refractivity contribution in [3.05, 3.63) is 59.7 Å². The van der Waals surface area contributed by atoms with E-state index < -0.39 is 0 Å². The first-order valence-electron chi connectivity index (χ1n) is 6.44. The van der Waals surface area contributed by atoms with E-state index in [1.54, 1.807) is 12.1 Å². The van der Waals surface area contributed by atoms with Crippen molar-refractivity contribution in [1.29, 1.82) is 0 Å². The topological polar surface area (TPSA) is 32.3 Å². The number of phenols is 1. The number of nitrogens with one attached hydrogen (secondary N) is 1. The average molecular weight is 276 g/mol. The molecule has 0 aliphatic rings. The number of hydrogen-bond acceptors (Lipinski definition) is 2. The lowest BCUT2D eigenvalue weighted by molar-refractivity contribution is 0.474. The van der Waals surface area contributed by atoms with Crippen molar-refractivity contribution in [2.45, 2.75) is 19.4 Å². The van der Waals surface area contributed by atoms with E-state index in [1.165, 1.54) is 5.56 Å². The van der Waals surface area contributed by atoms with Gasteiger partial charge in [0, 0.05) is 18.1 Å². The molecule has 0 spiro atoms. The number of rotatable bonds is 6. The molecule has 0 saturated carbocycles. The number of aromatic hydroxyl groups is 1. The predicted molar refractivity (Wildman–Crippen MR) is 80.9 cm³/mol. The van der Waals surface area contributed by atoms with E-state index >= 15 is 0 Å². The summed E-state index contributed by atoms with van der Waals surface area (Å²) in [5, 5.41) is 12.8. The van der Waals surface area contributed by atoms with E-state index in [0.29, 0.717) is 18.2 Å². The lowest BCUT2D eigenvalue weighted by Crippen LogP contribution is -1.99. The van der Waals surface area contributed by atoms with Crippen LogP contribution in [0.4, 0.5) is 5.69 Å². The largest absolute Gasteiger partial charge is 0.508 e. The third kappa shape index (κ3) is 4.49. The number of anilines is 1. The maximum Gasteiger partial charge on any atom is 0.115 e. The summed E-state index contributed by atoms with van der Waals surface area (Å²) >= 11 is 5.71. The second-order valence-electron chi connectivity index (χ2n) is 4.52. The fourth-order valence-corrected chi connectivity index (χ4v) is 2.11. The quantitative estimate of drug-likeness (QED) is 0.776. The van der Waals surface area contributed by atoms with Gasteiger partial charge >= 0.3 is 0 Å². The fraction of sp³-hybridized carbons (Fsp3) is 0.250. The molecule has 2 N–H and O–H groups in total. The third-order valence-corrected chi connectivity index (χ3v) is 3.20. The summed E-state index contributed by atoms with van der Waals surface area (Å²) in [4.78, 5) is 0. The van der Waals surface area contributed by atoms with Crippen LogP contribution in [-0.2, 0) is 13.0 Å². The van der Waals surface area contributed by atoms with Gasteiger partial charge in [0.15, 0.2) is 0 Å². The Morgan fingerprint density at radius 1 is 1.00 bits per heavy atom. The fourth-order valence-electron chi connectivity index (χ4n) is 1.98. The molecule has 0 fully saturated rings. The van der Waals surface area contributed by atoms with Crippen LogP contribution in [0.3, 0.4) is 0 Å². The first-order valence-corrected chi connectivity index (χ1v) is 6.98. The number of alkyl halides is 1. The molecule has 0 radical (unpaired) electrons. The highest BCUT2D eigenvalue weighted by Gasteiger charge is 1.98. The van der Waals surface area contributed by atoms with Crippen LogP contribution in [0.25, 0.3) is 0 Å². The van der Waals surface area contributed by atoms with Gasteiger partial charge in [0.1, 0.15) is 5.75 Å². The van der Waals surface area contributed by atoms with Gasteiger partial charge < -0.3 is 10.4 Å². The SMILES string of the molecule is Oc1cccc(CNc2cccc(CCCCl)c2)c1. The Hall–Kier alpha value is -1.67. The van der Waals surface area contributed by atoms with E-state index in [1.807, 2.05) is 24.3 Å². The number of benzene rings is 2. The zero-order valence-electron chi connectivity index (χ0n) is 10.8. The minimum absolute atomic E-state index is 0.301. The van der Waals surface area contributed by atoms with Crippen molar-refractivity contribution in [2.75, 3.05) is 11.2 Å². The molecule has 0 aromatic heterocycles. The number of halogens is 1. The van der Waals surface area contributed by atoms with Gasteiger partial charge in [-0.3, -0.25) is 0 Å². The molecule has 2 nitrogen and oxygen atoms in total. The van der Waals surface area contributed by atoms with Gasteiger partial charge in [-0.1, -0.05) is 24.3 Å². The summed E-state index contributed by atoms with van der Waals surface area (Å²) in [5.41, 5.74) is 3.45. The van der Waals surface area contributed by atoms with Crippen LogP contribution in [0.15, 0.2) is 48.5 Å². The second kappa shape index (κ2) is 7.05. The molecule has 3 heteroatoms. The van der Waals surface area contributed by atoms with Crippen LogP contribution in [0.5, 0.6) is 5.75 Å². The zero-order chi connectivity index (χ0) is 13.5. The molecule has 0 atom stereocenters. The Morgan fingerprint density at radius 2 is 1.79 bits per heavy atom. The standard InChI is InChI=1S/C16H18ClNO/c17-9-3-6-13-4-1-7-15(10-13)18-12-14-5-2-8-16(19)11-14/h1-2,4-5,7-8,10-11,18-19H,3,6,9,12H2. The van der Waals surface area contributed by atoms with Crippen LogP contribution in [0, 0.1) is 0 Å².